The molecular formula is C24H24BrNO. The second kappa shape index (κ2) is 9.01. The normalized spacial score (nSPS) is 10.8. The molecule has 0 saturated heterocycles. The molecule has 3 aromatic carbocycles. The highest BCUT2D eigenvalue weighted by Crippen LogP contribution is 2.31. The van der Waals surface area contributed by atoms with Crippen LogP contribution in [0.4, 0.5) is 5.69 Å². The summed E-state index contributed by atoms with van der Waals surface area (Å²) >= 11 is 3.58. The Kier molecular flexibility index (Phi) is 6.46. The highest BCUT2D eigenvalue weighted by Gasteiger charge is 2.24. The van der Waals surface area contributed by atoms with Crippen LogP contribution in [0.25, 0.3) is 0 Å². The van der Waals surface area contributed by atoms with E-state index >= 15 is 0 Å². The van der Waals surface area contributed by atoms with E-state index < -0.39 is 0 Å². The van der Waals surface area contributed by atoms with E-state index in [9.17, 15) is 4.79 Å². The van der Waals surface area contributed by atoms with E-state index in [1.54, 1.807) is 0 Å². The summed E-state index contributed by atoms with van der Waals surface area (Å²) in [7, 11) is 0. The lowest BCUT2D eigenvalue weighted by atomic mass is 9.90. The molecule has 1 amide bonds. The van der Waals surface area contributed by atoms with Crippen LogP contribution < -0.4 is 5.32 Å². The van der Waals surface area contributed by atoms with Crippen molar-refractivity contribution in [2.24, 2.45) is 0 Å². The van der Waals surface area contributed by atoms with Gasteiger partial charge in [0.2, 0.25) is 5.91 Å². The van der Waals surface area contributed by atoms with Gasteiger partial charge in [-0.05, 0) is 47.2 Å². The van der Waals surface area contributed by atoms with Crippen molar-refractivity contribution < 1.29 is 4.79 Å². The summed E-state index contributed by atoms with van der Waals surface area (Å²) < 4.78 is 1.05. The zero-order chi connectivity index (χ0) is 19.2. The molecule has 0 aliphatic carbocycles. The van der Waals surface area contributed by atoms with E-state index in [2.05, 4.69) is 47.2 Å². The van der Waals surface area contributed by atoms with E-state index in [1.807, 2.05) is 60.7 Å². The number of aryl methyl sites for hydroxylation is 2. The molecule has 0 aromatic heterocycles. The Labute approximate surface area is 169 Å². The van der Waals surface area contributed by atoms with Gasteiger partial charge in [-0.1, -0.05) is 90.4 Å². The highest BCUT2D eigenvalue weighted by molar-refractivity contribution is 9.10. The molecule has 0 unspecified atom stereocenters. The Morgan fingerprint density at radius 1 is 0.852 bits per heavy atom. The van der Waals surface area contributed by atoms with Crippen LogP contribution in [-0.4, -0.2) is 5.91 Å². The number of benzene rings is 3. The molecule has 0 bridgehead atoms. The number of nitrogens with one attached hydrogen (secondary N) is 1. The lowest BCUT2D eigenvalue weighted by molar-refractivity contribution is -0.116. The van der Waals surface area contributed by atoms with Crippen molar-refractivity contribution in [2.45, 2.75) is 32.6 Å². The molecule has 138 valence electrons. The smallest absolute Gasteiger partial charge is 0.236 e. The minimum atomic E-state index is -0.342. The standard InChI is InChI=1S/C24H24BrNO/c1-3-17-15-21(25)16-18(4-2)23(17)26-24(27)22(19-11-7-5-8-12-19)20-13-9-6-10-14-20/h5-16,22H,3-4H2,1-2H3,(H,26,27). The van der Waals surface area contributed by atoms with Crippen LogP contribution in [0.3, 0.4) is 0 Å². The molecule has 0 saturated carbocycles. The number of carbonyl (C=O) groups is 1. The Balaban J connectivity index is 2.02. The van der Waals surface area contributed by atoms with E-state index in [0.29, 0.717) is 0 Å². The molecule has 0 atom stereocenters. The summed E-state index contributed by atoms with van der Waals surface area (Å²) in [6.07, 6.45) is 1.73. The van der Waals surface area contributed by atoms with Gasteiger partial charge in [0.1, 0.15) is 0 Å². The van der Waals surface area contributed by atoms with Gasteiger partial charge >= 0.3 is 0 Å². The highest BCUT2D eigenvalue weighted by atomic mass is 79.9. The molecule has 0 aliphatic rings. The molecule has 2 nitrogen and oxygen atoms in total. The molecule has 3 aromatic rings. The van der Waals surface area contributed by atoms with Gasteiger partial charge in [-0.2, -0.15) is 0 Å². The number of hydrogen-bond acceptors (Lipinski definition) is 1. The van der Waals surface area contributed by atoms with Gasteiger partial charge in [-0.25, -0.2) is 0 Å². The number of halogens is 1. The van der Waals surface area contributed by atoms with E-state index in [4.69, 9.17) is 0 Å². The molecular weight excluding hydrogens is 398 g/mol. The van der Waals surface area contributed by atoms with Crippen molar-refractivity contribution in [3.05, 3.63) is 99.5 Å². The molecule has 27 heavy (non-hydrogen) atoms. The van der Waals surface area contributed by atoms with Gasteiger partial charge in [-0.3, -0.25) is 4.79 Å². The quantitative estimate of drug-likeness (QED) is 0.493. The van der Waals surface area contributed by atoms with E-state index in [1.165, 1.54) is 0 Å². The third-order valence-electron chi connectivity index (χ3n) is 4.80. The van der Waals surface area contributed by atoms with Crippen LogP contribution in [0.1, 0.15) is 42.0 Å². The molecule has 3 heteroatoms. The number of amides is 1. The largest absolute Gasteiger partial charge is 0.325 e. The molecule has 3 rings (SSSR count). The SMILES string of the molecule is CCc1cc(Br)cc(CC)c1NC(=O)C(c1ccccc1)c1ccccc1. The van der Waals surface area contributed by atoms with Gasteiger partial charge in [0.05, 0.1) is 5.92 Å². The maximum Gasteiger partial charge on any atom is 0.236 e. The molecule has 0 heterocycles. The van der Waals surface area contributed by atoms with Crippen LogP contribution in [0.15, 0.2) is 77.3 Å². The van der Waals surface area contributed by atoms with Gasteiger partial charge < -0.3 is 5.32 Å². The second-order valence-electron chi connectivity index (χ2n) is 6.55. The summed E-state index contributed by atoms with van der Waals surface area (Å²) in [5.41, 5.74) is 5.23. The predicted molar refractivity (Wildman–Crippen MR) is 116 cm³/mol. The van der Waals surface area contributed by atoms with Crippen LogP contribution >= 0.6 is 15.9 Å². The first-order valence-corrected chi connectivity index (χ1v) is 10.1. The van der Waals surface area contributed by atoms with Crippen LogP contribution in [0.5, 0.6) is 0 Å². The number of anilines is 1. The van der Waals surface area contributed by atoms with Crippen molar-refractivity contribution in [1.29, 1.82) is 0 Å². The Hall–Kier alpha value is -2.39. The van der Waals surface area contributed by atoms with Gasteiger partial charge in [-0.15, -0.1) is 0 Å². The fourth-order valence-electron chi connectivity index (χ4n) is 3.42. The third kappa shape index (κ3) is 4.48. The predicted octanol–water partition coefficient (Wildman–Crippen LogP) is 6.34. The summed E-state index contributed by atoms with van der Waals surface area (Å²) in [5.74, 6) is -0.343. The summed E-state index contributed by atoms with van der Waals surface area (Å²) in [4.78, 5) is 13.4. The molecule has 1 N–H and O–H groups in total. The summed E-state index contributed by atoms with van der Waals surface area (Å²) in [6, 6.07) is 24.1. The van der Waals surface area contributed by atoms with Gasteiger partial charge in [0.15, 0.2) is 0 Å². The fraction of sp³-hybridized carbons (Fsp3) is 0.208. The van der Waals surface area contributed by atoms with Crippen molar-refractivity contribution >= 4 is 27.5 Å². The maximum atomic E-state index is 13.4. The first-order valence-electron chi connectivity index (χ1n) is 9.36. The number of carbonyl (C=O) groups excluding carboxylic acids is 1. The molecule has 0 fully saturated rings. The van der Waals surface area contributed by atoms with Crippen LogP contribution in [0, 0.1) is 0 Å². The van der Waals surface area contributed by atoms with Crippen LogP contribution in [0.2, 0.25) is 0 Å². The van der Waals surface area contributed by atoms with Gasteiger partial charge in [0.25, 0.3) is 0 Å². The van der Waals surface area contributed by atoms with Gasteiger partial charge in [0, 0.05) is 10.2 Å². The number of hydrogen-bond donors (Lipinski definition) is 1. The van der Waals surface area contributed by atoms with Crippen molar-refractivity contribution in [2.75, 3.05) is 5.32 Å². The maximum absolute atomic E-state index is 13.4. The Morgan fingerprint density at radius 2 is 1.30 bits per heavy atom. The minimum absolute atomic E-state index is 0.000813. The van der Waals surface area contributed by atoms with Crippen molar-refractivity contribution in [1.82, 2.24) is 0 Å². The third-order valence-corrected chi connectivity index (χ3v) is 5.26. The van der Waals surface area contributed by atoms with Crippen molar-refractivity contribution in [3.63, 3.8) is 0 Å². The van der Waals surface area contributed by atoms with Crippen LogP contribution in [-0.2, 0) is 17.6 Å². The topological polar surface area (TPSA) is 29.1 Å². The lowest BCUT2D eigenvalue weighted by Gasteiger charge is -2.21. The zero-order valence-electron chi connectivity index (χ0n) is 15.7. The molecule has 0 spiro atoms. The lowest BCUT2D eigenvalue weighted by Crippen LogP contribution is -2.23. The average Bonchev–Trinajstić information content (AvgIpc) is 2.70. The average molecular weight is 422 g/mol. The van der Waals surface area contributed by atoms with E-state index in [-0.39, 0.29) is 11.8 Å². The zero-order valence-corrected chi connectivity index (χ0v) is 17.3. The molecule has 0 radical (unpaired) electrons. The summed E-state index contributed by atoms with van der Waals surface area (Å²) in [6.45, 7) is 4.23. The summed E-state index contributed by atoms with van der Waals surface area (Å²) in [5, 5.41) is 3.25. The Bertz CT molecular complexity index is 842. The number of rotatable bonds is 6. The monoisotopic (exact) mass is 421 g/mol. The second-order valence-corrected chi connectivity index (χ2v) is 7.47. The fourth-order valence-corrected chi connectivity index (χ4v) is 3.98. The van der Waals surface area contributed by atoms with Crippen molar-refractivity contribution in [3.8, 4) is 0 Å². The van der Waals surface area contributed by atoms with E-state index in [0.717, 1.165) is 45.3 Å². The first kappa shape index (κ1) is 19.4. The minimum Gasteiger partial charge on any atom is -0.325 e. The molecule has 0 aliphatic heterocycles. The Morgan fingerprint density at radius 3 is 1.70 bits per heavy atom. The first-order chi connectivity index (χ1) is 13.1.